The Balaban J connectivity index is 1.53. The van der Waals surface area contributed by atoms with Gasteiger partial charge in [-0.15, -0.1) is 0 Å². The zero-order valence-corrected chi connectivity index (χ0v) is 20.6. The molecule has 34 heavy (non-hydrogen) atoms. The van der Waals surface area contributed by atoms with Crippen molar-refractivity contribution in [3.05, 3.63) is 70.2 Å². The van der Waals surface area contributed by atoms with Crippen LogP contribution in [-0.2, 0) is 4.79 Å². The van der Waals surface area contributed by atoms with E-state index in [-0.39, 0.29) is 12.5 Å². The van der Waals surface area contributed by atoms with Crippen LogP contribution in [0.3, 0.4) is 0 Å². The average Bonchev–Trinajstić information content (AvgIpc) is 3.24. The predicted octanol–water partition coefficient (Wildman–Crippen LogP) is 6.91. The first-order chi connectivity index (χ1) is 16.2. The molecule has 0 saturated carbocycles. The van der Waals surface area contributed by atoms with Crippen molar-refractivity contribution >= 4 is 34.3 Å². The molecule has 176 valence electrons. The van der Waals surface area contributed by atoms with Crippen LogP contribution in [0.4, 0.5) is 5.69 Å². The summed E-state index contributed by atoms with van der Waals surface area (Å²) >= 11 is 6.20. The number of hydrogen-bond donors (Lipinski definition) is 1. The molecule has 0 aliphatic rings. The molecule has 1 N–H and O–H groups in total. The van der Waals surface area contributed by atoms with Crippen molar-refractivity contribution in [2.75, 3.05) is 19.0 Å². The number of benzene rings is 3. The number of anilines is 1. The van der Waals surface area contributed by atoms with E-state index in [1.807, 2.05) is 50.2 Å². The lowest BCUT2D eigenvalue weighted by Gasteiger charge is -2.13. The molecule has 0 aliphatic carbocycles. The van der Waals surface area contributed by atoms with E-state index in [1.165, 1.54) is 5.56 Å². The minimum absolute atomic E-state index is 0.158. The van der Waals surface area contributed by atoms with Crippen molar-refractivity contribution in [3.8, 4) is 23.0 Å². The lowest BCUT2D eigenvalue weighted by atomic mass is 10.0. The second kappa shape index (κ2) is 9.77. The molecular formula is C27H27ClN2O4. The molecule has 3 aromatic carbocycles. The van der Waals surface area contributed by atoms with Gasteiger partial charge in [-0.2, -0.15) is 0 Å². The maximum Gasteiger partial charge on any atom is 0.262 e. The number of aryl methyl sites for hydroxylation is 2. The fourth-order valence-electron chi connectivity index (χ4n) is 3.69. The van der Waals surface area contributed by atoms with Gasteiger partial charge in [0.25, 0.3) is 5.91 Å². The highest BCUT2D eigenvalue weighted by molar-refractivity contribution is 6.32. The van der Waals surface area contributed by atoms with Crippen LogP contribution in [0, 0.1) is 13.8 Å². The Kier molecular flexibility index (Phi) is 6.80. The first kappa shape index (κ1) is 23.6. The zero-order valence-electron chi connectivity index (χ0n) is 19.9. The summed E-state index contributed by atoms with van der Waals surface area (Å²) in [6.07, 6.45) is 0. The van der Waals surface area contributed by atoms with Crippen LogP contribution in [0.25, 0.3) is 22.6 Å². The maximum absolute atomic E-state index is 12.6. The molecule has 4 rings (SSSR count). The summed E-state index contributed by atoms with van der Waals surface area (Å²) in [5.41, 5.74) is 5.72. The maximum atomic E-state index is 12.6. The molecule has 0 radical (unpaired) electrons. The van der Waals surface area contributed by atoms with Gasteiger partial charge in [-0.25, -0.2) is 4.98 Å². The minimum Gasteiger partial charge on any atom is -0.495 e. The lowest BCUT2D eigenvalue weighted by molar-refractivity contribution is -0.118. The van der Waals surface area contributed by atoms with E-state index in [1.54, 1.807) is 19.2 Å². The minimum atomic E-state index is -0.320. The number of hydrogen-bond acceptors (Lipinski definition) is 5. The summed E-state index contributed by atoms with van der Waals surface area (Å²) in [4.78, 5) is 17.3. The van der Waals surface area contributed by atoms with Gasteiger partial charge in [-0.05, 0) is 78.9 Å². The fourth-order valence-corrected chi connectivity index (χ4v) is 3.80. The van der Waals surface area contributed by atoms with Crippen LogP contribution < -0.4 is 14.8 Å². The van der Waals surface area contributed by atoms with Crippen molar-refractivity contribution in [2.24, 2.45) is 0 Å². The van der Waals surface area contributed by atoms with E-state index in [0.29, 0.717) is 39.6 Å². The van der Waals surface area contributed by atoms with Crippen molar-refractivity contribution in [1.29, 1.82) is 0 Å². The Labute approximate surface area is 203 Å². The van der Waals surface area contributed by atoms with E-state index in [4.69, 9.17) is 25.5 Å². The third kappa shape index (κ3) is 5.02. The molecule has 0 atom stereocenters. The van der Waals surface area contributed by atoms with Crippen molar-refractivity contribution in [2.45, 2.75) is 33.6 Å². The largest absolute Gasteiger partial charge is 0.495 e. The number of methoxy groups -OCH3 is 1. The lowest BCUT2D eigenvalue weighted by Crippen LogP contribution is -2.20. The van der Waals surface area contributed by atoms with E-state index < -0.39 is 0 Å². The fraction of sp³-hybridized carbons (Fsp3) is 0.259. The third-order valence-corrected chi connectivity index (χ3v) is 6.17. The number of ether oxygens (including phenoxy) is 2. The molecule has 1 heterocycles. The number of halogens is 1. The van der Waals surface area contributed by atoms with Crippen LogP contribution in [0.1, 0.15) is 36.5 Å². The van der Waals surface area contributed by atoms with Gasteiger partial charge in [-0.3, -0.25) is 4.79 Å². The topological polar surface area (TPSA) is 73.6 Å². The highest BCUT2D eigenvalue weighted by Crippen LogP contribution is 2.33. The smallest absolute Gasteiger partial charge is 0.262 e. The van der Waals surface area contributed by atoms with Gasteiger partial charge in [0.05, 0.1) is 12.8 Å². The van der Waals surface area contributed by atoms with E-state index in [2.05, 4.69) is 24.1 Å². The summed E-state index contributed by atoms with van der Waals surface area (Å²) in [7, 11) is 1.55. The number of rotatable bonds is 7. The number of oxazole rings is 1. The third-order valence-electron chi connectivity index (χ3n) is 5.58. The summed E-state index contributed by atoms with van der Waals surface area (Å²) in [5.74, 6) is 1.66. The Morgan fingerprint density at radius 2 is 1.82 bits per heavy atom. The molecule has 6 nitrogen and oxygen atoms in total. The number of amides is 1. The van der Waals surface area contributed by atoms with Crippen LogP contribution in [0.15, 0.2) is 52.9 Å². The number of fused-ring (bicyclic) bond motifs is 1. The van der Waals surface area contributed by atoms with E-state index in [9.17, 15) is 4.79 Å². The van der Waals surface area contributed by atoms with Crippen LogP contribution in [0.5, 0.6) is 11.5 Å². The second-order valence-corrected chi connectivity index (χ2v) is 8.90. The molecule has 7 heteroatoms. The SMILES string of the molecule is COc1ccc(-c2nc3cc(C(C)C)ccc3o2)cc1NC(=O)COc1cc(C)c(Cl)c(C)c1. The Bertz CT molecular complexity index is 1340. The van der Waals surface area contributed by atoms with Crippen molar-refractivity contribution in [3.63, 3.8) is 0 Å². The van der Waals surface area contributed by atoms with Crippen LogP contribution in [0.2, 0.25) is 5.02 Å². The Morgan fingerprint density at radius 1 is 1.09 bits per heavy atom. The van der Waals surface area contributed by atoms with Gasteiger partial charge < -0.3 is 19.2 Å². The summed E-state index contributed by atoms with van der Waals surface area (Å²) in [6, 6.07) is 15.0. The van der Waals surface area contributed by atoms with E-state index >= 15 is 0 Å². The van der Waals surface area contributed by atoms with Gasteiger partial charge in [-0.1, -0.05) is 31.5 Å². The Morgan fingerprint density at radius 3 is 2.50 bits per heavy atom. The standard InChI is InChI=1S/C27H27ClN2O4/c1-15(2)18-6-9-24-22(12-18)30-27(34-24)19-7-8-23(32-5)21(13-19)29-25(31)14-33-20-10-16(3)26(28)17(4)11-20/h6-13,15H,14H2,1-5H3,(H,29,31). The molecule has 0 saturated heterocycles. The Hall–Kier alpha value is -3.51. The van der Waals surface area contributed by atoms with Crippen LogP contribution in [-0.4, -0.2) is 24.6 Å². The molecule has 0 aliphatic heterocycles. The highest BCUT2D eigenvalue weighted by atomic mass is 35.5. The number of aromatic nitrogens is 1. The monoisotopic (exact) mass is 478 g/mol. The summed E-state index contributed by atoms with van der Waals surface area (Å²) in [6.45, 7) is 7.91. The van der Waals surface area contributed by atoms with Crippen molar-refractivity contribution in [1.82, 2.24) is 4.98 Å². The molecular weight excluding hydrogens is 452 g/mol. The molecule has 1 aromatic heterocycles. The molecule has 0 fully saturated rings. The van der Waals surface area contributed by atoms with Gasteiger partial charge in [0.1, 0.15) is 17.0 Å². The van der Waals surface area contributed by atoms with Gasteiger partial charge in [0, 0.05) is 10.6 Å². The normalized spacial score (nSPS) is 11.1. The number of carbonyl (C=O) groups is 1. The molecule has 0 bridgehead atoms. The summed E-state index contributed by atoms with van der Waals surface area (Å²) in [5, 5.41) is 3.55. The van der Waals surface area contributed by atoms with Crippen molar-refractivity contribution < 1.29 is 18.7 Å². The zero-order chi connectivity index (χ0) is 24.4. The molecule has 0 spiro atoms. The van der Waals surface area contributed by atoms with Gasteiger partial charge in [0.15, 0.2) is 12.2 Å². The average molecular weight is 479 g/mol. The first-order valence-corrected chi connectivity index (χ1v) is 11.4. The number of nitrogens with zero attached hydrogens (tertiary/aromatic N) is 1. The second-order valence-electron chi connectivity index (χ2n) is 8.52. The number of carbonyl (C=O) groups excluding carboxylic acids is 1. The summed E-state index contributed by atoms with van der Waals surface area (Å²) < 4.78 is 17.1. The van der Waals surface area contributed by atoms with Crippen LogP contribution >= 0.6 is 11.6 Å². The predicted molar refractivity (Wildman–Crippen MR) is 135 cm³/mol. The van der Waals surface area contributed by atoms with Gasteiger partial charge in [0.2, 0.25) is 5.89 Å². The molecule has 1 amide bonds. The quantitative estimate of drug-likeness (QED) is 0.312. The van der Waals surface area contributed by atoms with E-state index in [0.717, 1.165) is 22.2 Å². The first-order valence-electron chi connectivity index (χ1n) is 11.0. The molecule has 4 aromatic rings. The number of nitrogens with one attached hydrogen (secondary N) is 1. The van der Waals surface area contributed by atoms with Gasteiger partial charge >= 0.3 is 0 Å². The highest BCUT2D eigenvalue weighted by Gasteiger charge is 2.15. The molecule has 0 unspecified atom stereocenters.